The number of carbonyl (C=O) groups excluding carboxylic acids is 3. The predicted molar refractivity (Wildman–Crippen MR) is 122 cm³/mol. The Morgan fingerprint density at radius 1 is 0.794 bits per heavy atom. The maximum Gasteiger partial charge on any atom is 0.343 e. The number of esters is 3. The number of rotatable bonds is 9. The standard InChI is InChI=1S/C26H22N2O6/c1-4-32-24(29)17(3)14-22(26(31)33-5-2)23(20-10-6-18(15-27)7-11-20)34-25(30)21-12-8-19(16-28)9-13-21/h6-13H,3-5,14H2,1-2H3/b23-22-. The molecule has 172 valence electrons. The minimum atomic E-state index is -0.806. The molecule has 34 heavy (non-hydrogen) atoms. The highest BCUT2D eigenvalue weighted by Gasteiger charge is 2.25. The van der Waals surface area contributed by atoms with E-state index in [1.165, 1.54) is 48.5 Å². The van der Waals surface area contributed by atoms with Crippen LogP contribution < -0.4 is 0 Å². The van der Waals surface area contributed by atoms with Crippen LogP contribution in [0.1, 0.15) is 47.3 Å². The van der Waals surface area contributed by atoms with Gasteiger partial charge in [0.1, 0.15) is 5.76 Å². The Kier molecular flexibility index (Phi) is 9.31. The highest BCUT2D eigenvalue weighted by atomic mass is 16.5. The van der Waals surface area contributed by atoms with E-state index in [1.54, 1.807) is 13.8 Å². The summed E-state index contributed by atoms with van der Waals surface area (Å²) >= 11 is 0. The second-order valence-corrected chi connectivity index (χ2v) is 6.80. The molecule has 0 atom stereocenters. The van der Waals surface area contributed by atoms with Crippen LogP contribution in [-0.2, 0) is 23.8 Å². The molecule has 0 amide bonds. The Labute approximate surface area is 197 Å². The quantitative estimate of drug-likeness (QED) is 0.238. The summed E-state index contributed by atoms with van der Waals surface area (Å²) in [6, 6.07) is 15.7. The first kappa shape index (κ1) is 25.6. The number of ether oxygens (including phenoxy) is 3. The highest BCUT2D eigenvalue weighted by Crippen LogP contribution is 2.28. The first-order chi connectivity index (χ1) is 16.3. The zero-order valence-electron chi connectivity index (χ0n) is 18.8. The summed E-state index contributed by atoms with van der Waals surface area (Å²) in [6.45, 7) is 7.09. The summed E-state index contributed by atoms with van der Waals surface area (Å²) in [4.78, 5) is 37.9. The van der Waals surface area contributed by atoms with Crippen LogP contribution >= 0.6 is 0 Å². The van der Waals surface area contributed by atoms with Gasteiger partial charge in [0, 0.05) is 17.6 Å². The van der Waals surface area contributed by atoms with Gasteiger partial charge in [-0.2, -0.15) is 10.5 Å². The second kappa shape index (κ2) is 12.4. The van der Waals surface area contributed by atoms with Gasteiger partial charge in [0.05, 0.1) is 47.6 Å². The van der Waals surface area contributed by atoms with Crippen LogP contribution in [0.4, 0.5) is 0 Å². The fourth-order valence-corrected chi connectivity index (χ4v) is 2.81. The molecule has 0 aliphatic heterocycles. The Morgan fingerprint density at radius 3 is 1.74 bits per heavy atom. The van der Waals surface area contributed by atoms with Gasteiger partial charge in [0.15, 0.2) is 0 Å². The van der Waals surface area contributed by atoms with Gasteiger partial charge < -0.3 is 14.2 Å². The van der Waals surface area contributed by atoms with E-state index in [9.17, 15) is 14.4 Å². The zero-order valence-corrected chi connectivity index (χ0v) is 18.8. The summed E-state index contributed by atoms with van der Waals surface area (Å²) in [7, 11) is 0. The molecule has 0 unspecified atom stereocenters. The van der Waals surface area contributed by atoms with Crippen LogP contribution in [0.3, 0.4) is 0 Å². The molecule has 0 aliphatic carbocycles. The summed E-state index contributed by atoms with van der Waals surface area (Å²) < 4.78 is 15.7. The predicted octanol–water partition coefficient (Wildman–Crippen LogP) is 4.07. The van der Waals surface area contributed by atoms with Crippen LogP contribution in [0.5, 0.6) is 0 Å². The fourth-order valence-electron chi connectivity index (χ4n) is 2.81. The van der Waals surface area contributed by atoms with Crippen LogP contribution in [0.15, 0.2) is 66.3 Å². The van der Waals surface area contributed by atoms with E-state index in [-0.39, 0.29) is 42.1 Å². The number of nitrogens with zero attached hydrogens (tertiary/aromatic N) is 2. The van der Waals surface area contributed by atoms with Crippen LogP contribution in [-0.4, -0.2) is 31.1 Å². The molecule has 8 nitrogen and oxygen atoms in total. The number of hydrogen-bond acceptors (Lipinski definition) is 8. The molecule has 0 radical (unpaired) electrons. The van der Waals surface area contributed by atoms with Gasteiger partial charge in [0.2, 0.25) is 0 Å². The molecule has 2 aromatic carbocycles. The molecule has 2 aromatic rings. The molecule has 0 saturated heterocycles. The maximum absolute atomic E-state index is 12.9. The van der Waals surface area contributed by atoms with Gasteiger partial charge in [-0.1, -0.05) is 6.58 Å². The summed E-state index contributed by atoms with van der Waals surface area (Å²) in [5.74, 6) is -2.46. The van der Waals surface area contributed by atoms with Crippen molar-refractivity contribution in [3.05, 3.63) is 88.5 Å². The third-order valence-corrected chi connectivity index (χ3v) is 4.47. The Bertz CT molecular complexity index is 1200. The van der Waals surface area contributed by atoms with E-state index in [0.29, 0.717) is 16.7 Å². The van der Waals surface area contributed by atoms with Gasteiger partial charge in [-0.15, -0.1) is 0 Å². The number of benzene rings is 2. The smallest absolute Gasteiger partial charge is 0.343 e. The topological polar surface area (TPSA) is 126 Å². The largest absolute Gasteiger partial charge is 0.463 e. The lowest BCUT2D eigenvalue weighted by Gasteiger charge is -2.16. The number of carbonyl (C=O) groups is 3. The second-order valence-electron chi connectivity index (χ2n) is 6.80. The average molecular weight is 458 g/mol. The SMILES string of the molecule is C=C(C/C(C(=O)OCC)=C(/OC(=O)c1ccc(C#N)cc1)c1ccc(C#N)cc1)C(=O)OCC. The molecule has 0 N–H and O–H groups in total. The molecule has 8 heteroatoms. The summed E-state index contributed by atoms with van der Waals surface area (Å²) in [5, 5.41) is 18.1. The monoisotopic (exact) mass is 458 g/mol. The van der Waals surface area contributed by atoms with Crippen molar-refractivity contribution < 1.29 is 28.6 Å². The van der Waals surface area contributed by atoms with E-state index in [1.807, 2.05) is 12.1 Å². The molecule has 0 fully saturated rings. The third-order valence-electron chi connectivity index (χ3n) is 4.47. The number of nitriles is 2. The minimum Gasteiger partial charge on any atom is -0.463 e. The van der Waals surface area contributed by atoms with Crippen LogP contribution in [0.2, 0.25) is 0 Å². The van der Waals surface area contributed by atoms with Gasteiger partial charge in [-0.3, -0.25) is 0 Å². The zero-order chi connectivity index (χ0) is 25.1. The lowest BCUT2D eigenvalue weighted by molar-refractivity contribution is -0.139. The minimum absolute atomic E-state index is 0.0366. The Balaban J connectivity index is 2.60. The fraction of sp³-hybridized carbons (Fsp3) is 0.192. The molecule has 0 spiro atoms. The lowest BCUT2D eigenvalue weighted by Crippen LogP contribution is -2.17. The Morgan fingerprint density at radius 2 is 1.26 bits per heavy atom. The maximum atomic E-state index is 12.9. The van der Waals surface area contributed by atoms with E-state index in [0.717, 1.165) is 0 Å². The average Bonchev–Trinajstić information content (AvgIpc) is 2.86. The first-order valence-electron chi connectivity index (χ1n) is 10.3. The van der Waals surface area contributed by atoms with E-state index >= 15 is 0 Å². The van der Waals surface area contributed by atoms with E-state index in [2.05, 4.69) is 6.58 Å². The molecular formula is C26H22N2O6. The van der Waals surface area contributed by atoms with Gasteiger partial charge in [0.25, 0.3) is 0 Å². The van der Waals surface area contributed by atoms with Gasteiger partial charge >= 0.3 is 17.9 Å². The van der Waals surface area contributed by atoms with Crippen molar-refractivity contribution in [1.29, 1.82) is 10.5 Å². The van der Waals surface area contributed by atoms with Crippen molar-refractivity contribution in [2.24, 2.45) is 0 Å². The van der Waals surface area contributed by atoms with Crippen molar-refractivity contribution in [3.63, 3.8) is 0 Å². The van der Waals surface area contributed by atoms with Crippen molar-refractivity contribution >= 4 is 23.7 Å². The van der Waals surface area contributed by atoms with Crippen LogP contribution in [0, 0.1) is 22.7 Å². The molecule has 0 saturated carbocycles. The van der Waals surface area contributed by atoms with Crippen LogP contribution in [0.25, 0.3) is 5.76 Å². The van der Waals surface area contributed by atoms with Gasteiger partial charge in [-0.25, -0.2) is 14.4 Å². The van der Waals surface area contributed by atoms with E-state index in [4.69, 9.17) is 24.7 Å². The molecule has 0 bridgehead atoms. The van der Waals surface area contributed by atoms with Crippen molar-refractivity contribution in [3.8, 4) is 12.1 Å². The van der Waals surface area contributed by atoms with Crippen molar-refractivity contribution in [1.82, 2.24) is 0 Å². The Hall–Kier alpha value is -4.69. The molecular weight excluding hydrogens is 436 g/mol. The lowest BCUT2D eigenvalue weighted by atomic mass is 10.0. The van der Waals surface area contributed by atoms with Crippen molar-refractivity contribution in [2.75, 3.05) is 13.2 Å². The summed E-state index contributed by atoms with van der Waals surface area (Å²) in [6.07, 6.45) is -0.298. The summed E-state index contributed by atoms with van der Waals surface area (Å²) in [5.41, 5.74) is 1.00. The molecule has 2 rings (SSSR count). The van der Waals surface area contributed by atoms with E-state index < -0.39 is 17.9 Å². The van der Waals surface area contributed by atoms with Crippen molar-refractivity contribution in [2.45, 2.75) is 20.3 Å². The normalized spacial score (nSPS) is 10.7. The highest BCUT2D eigenvalue weighted by molar-refractivity contribution is 6.02. The first-order valence-corrected chi connectivity index (χ1v) is 10.3. The van der Waals surface area contributed by atoms with Gasteiger partial charge in [-0.05, 0) is 62.4 Å². The molecule has 0 aromatic heterocycles. The molecule has 0 heterocycles. The third kappa shape index (κ3) is 6.65. The number of hydrogen-bond donors (Lipinski definition) is 0. The molecule has 0 aliphatic rings.